The van der Waals surface area contributed by atoms with Gasteiger partial charge >= 0.3 is 0 Å². The van der Waals surface area contributed by atoms with Crippen LogP contribution in [0.1, 0.15) is 21.7 Å². The van der Waals surface area contributed by atoms with E-state index in [1.54, 1.807) is 13.0 Å². The van der Waals surface area contributed by atoms with Crippen molar-refractivity contribution < 1.29 is 18.0 Å². The average Bonchev–Trinajstić information content (AvgIpc) is 2.57. The normalized spacial score (nSPS) is 10.8. The lowest BCUT2D eigenvalue weighted by Crippen LogP contribution is -2.25. The number of nitrogens with zero attached hydrogens (tertiary/aromatic N) is 2. The molecular weight excluding hydrogens is 319 g/mol. The molecule has 7 heteroatoms. The molecule has 24 heavy (non-hydrogen) atoms. The summed E-state index contributed by atoms with van der Waals surface area (Å²) >= 11 is 0. The number of halogens is 3. The first-order chi connectivity index (χ1) is 11.5. The molecule has 0 aliphatic rings. The van der Waals surface area contributed by atoms with Crippen LogP contribution < -0.4 is 5.32 Å². The van der Waals surface area contributed by atoms with Crippen molar-refractivity contribution in [2.75, 3.05) is 0 Å². The van der Waals surface area contributed by atoms with Crippen LogP contribution in [0, 0.1) is 24.4 Å². The van der Waals surface area contributed by atoms with E-state index in [9.17, 15) is 18.0 Å². The van der Waals surface area contributed by atoms with Crippen LogP contribution in [0.4, 0.5) is 13.2 Å². The van der Waals surface area contributed by atoms with Gasteiger partial charge in [-0.1, -0.05) is 12.1 Å². The number of aryl methyl sites for hydroxylation is 1. The van der Waals surface area contributed by atoms with E-state index in [1.165, 1.54) is 0 Å². The molecule has 1 N–H and O–H groups in total. The summed E-state index contributed by atoms with van der Waals surface area (Å²) in [5.74, 6) is -5.40. The van der Waals surface area contributed by atoms with E-state index < -0.39 is 28.9 Å². The molecule has 0 aliphatic heterocycles. The monoisotopic (exact) mass is 331 g/mol. The Balaban J connectivity index is 1.82. The molecule has 0 spiro atoms. The Labute approximate surface area is 135 Å². The maximum Gasteiger partial charge on any atom is 0.254 e. The second-order valence-corrected chi connectivity index (χ2v) is 5.15. The second kappa shape index (κ2) is 6.27. The van der Waals surface area contributed by atoms with Gasteiger partial charge in [0.15, 0.2) is 17.5 Å². The van der Waals surface area contributed by atoms with Gasteiger partial charge in [-0.3, -0.25) is 4.79 Å². The van der Waals surface area contributed by atoms with Crippen molar-refractivity contribution in [2.45, 2.75) is 13.5 Å². The minimum Gasteiger partial charge on any atom is -0.346 e. The highest BCUT2D eigenvalue weighted by atomic mass is 19.2. The maximum absolute atomic E-state index is 13.6. The summed E-state index contributed by atoms with van der Waals surface area (Å²) in [4.78, 5) is 20.8. The number of amides is 1. The van der Waals surface area contributed by atoms with Gasteiger partial charge in [-0.05, 0) is 31.2 Å². The number of benzene rings is 2. The molecule has 0 fully saturated rings. The third-order valence-corrected chi connectivity index (χ3v) is 3.54. The number of carbonyl (C=O) groups excluding carboxylic acids is 1. The topological polar surface area (TPSA) is 54.9 Å². The molecule has 3 aromatic rings. The van der Waals surface area contributed by atoms with Gasteiger partial charge in [-0.2, -0.15) is 0 Å². The standard InChI is InChI=1S/C17H12F3N3O/c1-9-14(23-13-5-3-2-4-12(13)22-9)8-21-17(24)10-6-7-11(18)16(20)15(10)19/h2-7H,8H2,1H3,(H,21,24). The van der Waals surface area contributed by atoms with Gasteiger partial charge in [0.25, 0.3) is 5.91 Å². The third kappa shape index (κ3) is 2.92. The molecule has 122 valence electrons. The highest BCUT2D eigenvalue weighted by Gasteiger charge is 2.19. The van der Waals surface area contributed by atoms with Crippen LogP contribution in [0.15, 0.2) is 36.4 Å². The van der Waals surface area contributed by atoms with Crippen molar-refractivity contribution in [1.82, 2.24) is 15.3 Å². The first kappa shape index (κ1) is 15.9. The van der Waals surface area contributed by atoms with Gasteiger partial charge in [-0.25, -0.2) is 23.1 Å². The molecule has 0 radical (unpaired) electrons. The number of carbonyl (C=O) groups is 1. The molecule has 2 aromatic carbocycles. The van der Waals surface area contributed by atoms with E-state index in [0.29, 0.717) is 23.0 Å². The number of rotatable bonds is 3. The summed E-state index contributed by atoms with van der Waals surface area (Å²) in [6, 6.07) is 8.84. The zero-order chi connectivity index (χ0) is 17.3. The van der Waals surface area contributed by atoms with Crippen LogP contribution in [0.3, 0.4) is 0 Å². The Morgan fingerprint density at radius 1 is 1.00 bits per heavy atom. The first-order valence-corrected chi connectivity index (χ1v) is 7.11. The molecule has 0 atom stereocenters. The first-order valence-electron chi connectivity index (χ1n) is 7.11. The van der Waals surface area contributed by atoms with Crippen LogP contribution in [0.5, 0.6) is 0 Å². The Hall–Kier alpha value is -2.96. The van der Waals surface area contributed by atoms with Crippen molar-refractivity contribution in [2.24, 2.45) is 0 Å². The lowest BCUT2D eigenvalue weighted by atomic mass is 10.2. The molecule has 0 bridgehead atoms. The summed E-state index contributed by atoms with van der Waals surface area (Å²) in [5, 5.41) is 2.44. The predicted molar refractivity (Wildman–Crippen MR) is 81.8 cm³/mol. The molecule has 0 unspecified atom stereocenters. The zero-order valence-electron chi connectivity index (χ0n) is 12.6. The molecule has 4 nitrogen and oxygen atoms in total. The van der Waals surface area contributed by atoms with E-state index >= 15 is 0 Å². The van der Waals surface area contributed by atoms with E-state index in [2.05, 4.69) is 15.3 Å². The molecule has 0 aliphatic carbocycles. The Bertz CT molecular complexity index is 944. The molecule has 1 amide bonds. The number of hydrogen-bond donors (Lipinski definition) is 1. The summed E-state index contributed by atoms with van der Waals surface area (Å²) in [7, 11) is 0. The van der Waals surface area contributed by atoms with Gasteiger partial charge in [0.1, 0.15) is 0 Å². The van der Waals surface area contributed by atoms with E-state index in [1.807, 2.05) is 18.2 Å². The molecule has 1 aromatic heterocycles. The van der Waals surface area contributed by atoms with Crippen molar-refractivity contribution >= 4 is 16.9 Å². The van der Waals surface area contributed by atoms with Gasteiger partial charge < -0.3 is 5.32 Å². The van der Waals surface area contributed by atoms with Crippen LogP contribution in [0.2, 0.25) is 0 Å². The predicted octanol–water partition coefficient (Wildman–Crippen LogP) is 3.29. The van der Waals surface area contributed by atoms with Crippen LogP contribution >= 0.6 is 0 Å². The number of fused-ring (bicyclic) bond motifs is 1. The quantitative estimate of drug-likeness (QED) is 0.749. The SMILES string of the molecule is Cc1nc2ccccc2nc1CNC(=O)c1ccc(F)c(F)c1F. The molecule has 3 rings (SSSR count). The number of hydrogen-bond acceptors (Lipinski definition) is 3. The van der Waals surface area contributed by atoms with Crippen LogP contribution in [-0.2, 0) is 6.54 Å². The number of nitrogens with one attached hydrogen (secondary N) is 1. The van der Waals surface area contributed by atoms with Crippen molar-refractivity contribution in [3.63, 3.8) is 0 Å². The van der Waals surface area contributed by atoms with Crippen molar-refractivity contribution in [1.29, 1.82) is 0 Å². The highest BCUT2D eigenvalue weighted by molar-refractivity contribution is 5.94. The van der Waals surface area contributed by atoms with Crippen molar-refractivity contribution in [3.8, 4) is 0 Å². The van der Waals surface area contributed by atoms with Crippen LogP contribution in [-0.4, -0.2) is 15.9 Å². The van der Waals surface area contributed by atoms with Crippen molar-refractivity contribution in [3.05, 3.63) is 70.8 Å². The van der Waals surface area contributed by atoms with E-state index in [-0.39, 0.29) is 6.54 Å². The molecule has 0 saturated heterocycles. The second-order valence-electron chi connectivity index (χ2n) is 5.15. The maximum atomic E-state index is 13.6. The molecule has 0 saturated carbocycles. The van der Waals surface area contributed by atoms with Crippen LogP contribution in [0.25, 0.3) is 11.0 Å². The molecular formula is C17H12F3N3O. The minimum atomic E-state index is -1.68. The summed E-state index contributed by atoms with van der Waals surface area (Å²) in [6.45, 7) is 1.72. The Morgan fingerprint density at radius 2 is 1.67 bits per heavy atom. The number of aromatic nitrogens is 2. The Morgan fingerprint density at radius 3 is 2.38 bits per heavy atom. The summed E-state index contributed by atoms with van der Waals surface area (Å²) < 4.78 is 39.7. The Kier molecular flexibility index (Phi) is 4.16. The fourth-order valence-corrected chi connectivity index (χ4v) is 2.25. The van der Waals surface area contributed by atoms with Gasteiger partial charge in [-0.15, -0.1) is 0 Å². The average molecular weight is 331 g/mol. The zero-order valence-corrected chi connectivity index (χ0v) is 12.6. The fraction of sp³-hybridized carbons (Fsp3) is 0.118. The summed E-state index contributed by atoms with van der Waals surface area (Å²) in [6.07, 6.45) is 0. The van der Waals surface area contributed by atoms with Gasteiger partial charge in [0.05, 0.1) is 34.5 Å². The smallest absolute Gasteiger partial charge is 0.254 e. The summed E-state index contributed by atoms with van der Waals surface area (Å²) in [5.41, 5.74) is 1.92. The highest BCUT2D eigenvalue weighted by Crippen LogP contribution is 2.16. The van der Waals surface area contributed by atoms with Gasteiger partial charge in [0, 0.05) is 0 Å². The third-order valence-electron chi connectivity index (χ3n) is 3.54. The van der Waals surface area contributed by atoms with Gasteiger partial charge in [0.2, 0.25) is 0 Å². The lowest BCUT2D eigenvalue weighted by Gasteiger charge is -2.09. The van der Waals surface area contributed by atoms with E-state index in [4.69, 9.17) is 0 Å². The molecule has 1 heterocycles. The minimum absolute atomic E-state index is 0.0130. The lowest BCUT2D eigenvalue weighted by molar-refractivity contribution is 0.0945. The van der Waals surface area contributed by atoms with E-state index in [0.717, 1.165) is 11.6 Å². The largest absolute Gasteiger partial charge is 0.346 e. The fourth-order valence-electron chi connectivity index (χ4n) is 2.25. The number of para-hydroxylation sites is 2.